The minimum Gasteiger partial charge on any atom is -0.497 e. The number of likely N-dealkylation sites (tertiary alicyclic amines) is 1. The highest BCUT2D eigenvalue weighted by atomic mass is 32.2. The summed E-state index contributed by atoms with van der Waals surface area (Å²) in [7, 11) is 1.33. The Kier molecular flexibility index (Phi) is 10.2. The van der Waals surface area contributed by atoms with Gasteiger partial charge in [0.05, 0.1) is 52.1 Å². The Bertz CT molecular complexity index is 2270. The third kappa shape index (κ3) is 7.68. The molecule has 0 bridgehead atoms. The highest BCUT2D eigenvalue weighted by molar-refractivity contribution is 7.93. The molecule has 292 valence electrons. The van der Waals surface area contributed by atoms with Gasteiger partial charge in [-0.1, -0.05) is 17.3 Å². The first-order valence-corrected chi connectivity index (χ1v) is 19.5. The number of aromatic amines is 1. The van der Waals surface area contributed by atoms with Crippen LogP contribution in [0.4, 0.5) is 22.1 Å². The van der Waals surface area contributed by atoms with E-state index in [0.29, 0.717) is 64.0 Å². The van der Waals surface area contributed by atoms with Crippen LogP contribution in [0.3, 0.4) is 0 Å². The Labute approximate surface area is 319 Å². The van der Waals surface area contributed by atoms with E-state index in [9.17, 15) is 4.79 Å². The van der Waals surface area contributed by atoms with Crippen molar-refractivity contribution in [1.82, 2.24) is 20.3 Å². The second-order valence-electron chi connectivity index (χ2n) is 14.6. The summed E-state index contributed by atoms with van der Waals surface area (Å²) >= 11 is 0. The van der Waals surface area contributed by atoms with Gasteiger partial charge in [0.1, 0.15) is 28.6 Å². The Morgan fingerprint density at radius 2 is 1.64 bits per heavy atom. The Morgan fingerprint density at radius 3 is 2.25 bits per heavy atom. The van der Waals surface area contributed by atoms with E-state index in [4.69, 9.17) is 28.2 Å². The number of carbonyl (C=O) groups is 1. The Hall–Kier alpha value is -5.64. The lowest BCUT2D eigenvalue weighted by molar-refractivity contribution is 0.0224. The molecule has 2 aromatic heterocycles. The van der Waals surface area contributed by atoms with Crippen molar-refractivity contribution in [3.63, 3.8) is 0 Å². The van der Waals surface area contributed by atoms with Gasteiger partial charge in [0.15, 0.2) is 22.1 Å². The molecule has 7 rings (SSSR count). The molecule has 2 N–H and O–H groups in total. The SMILES string of the molecule is COc1ccc(CN(c2noc3cc(Nc4cc(C5CC5)[nH]n4)c(OC)cc23)S(=O)(=O)c2c(OC)cc(C3CCCN3C(=O)OC(C)(C)C)cc2OC)cc1. The zero-order valence-corrected chi connectivity index (χ0v) is 32.8. The molecule has 15 nitrogen and oxygen atoms in total. The molecule has 0 radical (unpaired) electrons. The van der Waals surface area contributed by atoms with Gasteiger partial charge in [-0.25, -0.2) is 17.5 Å². The number of rotatable bonds is 13. The van der Waals surface area contributed by atoms with Gasteiger partial charge in [-0.2, -0.15) is 5.10 Å². The minimum atomic E-state index is -4.53. The lowest BCUT2D eigenvalue weighted by atomic mass is 10.0. The van der Waals surface area contributed by atoms with Crippen molar-refractivity contribution < 1.29 is 41.4 Å². The molecule has 1 unspecified atom stereocenters. The fourth-order valence-electron chi connectivity index (χ4n) is 6.82. The average molecular weight is 775 g/mol. The fourth-order valence-corrected chi connectivity index (χ4v) is 8.51. The second kappa shape index (κ2) is 14.9. The summed E-state index contributed by atoms with van der Waals surface area (Å²) < 4.78 is 65.7. The van der Waals surface area contributed by atoms with Crippen LogP contribution >= 0.6 is 0 Å². The molecule has 0 spiro atoms. The van der Waals surface area contributed by atoms with Crippen LogP contribution in [-0.2, 0) is 21.3 Å². The van der Waals surface area contributed by atoms with E-state index in [2.05, 4.69) is 20.7 Å². The van der Waals surface area contributed by atoms with Gasteiger partial charge in [-0.05, 0) is 87.9 Å². The predicted octanol–water partition coefficient (Wildman–Crippen LogP) is 7.67. The van der Waals surface area contributed by atoms with Crippen molar-refractivity contribution in [3.05, 3.63) is 71.4 Å². The van der Waals surface area contributed by atoms with Crippen molar-refractivity contribution in [2.24, 2.45) is 0 Å². The van der Waals surface area contributed by atoms with Gasteiger partial charge in [-0.3, -0.25) is 5.10 Å². The van der Waals surface area contributed by atoms with E-state index in [0.717, 1.165) is 29.3 Å². The standard InChI is InChI=1S/C39H46N6O9S/c1-39(2,3)53-38(46)44-16-8-9-30(44)25-17-33(51-6)36(34(18-25)52-7)55(47,48)45(22-23-10-14-26(49-4)15-11-23)37-27-19-32(50-5)29(20-31(27)54-43-37)40-35-21-28(41-42-35)24-12-13-24/h10-11,14-15,17-21,24,30H,8-9,12-13,16,22H2,1-7H3,(H2,40,41,42). The Balaban J connectivity index is 1.31. The van der Waals surface area contributed by atoms with E-state index < -0.39 is 21.7 Å². The van der Waals surface area contributed by atoms with E-state index in [1.54, 1.807) is 60.5 Å². The number of nitrogens with one attached hydrogen (secondary N) is 2. The number of hydrogen-bond acceptors (Lipinski definition) is 12. The predicted molar refractivity (Wildman–Crippen MR) is 205 cm³/mol. The summed E-state index contributed by atoms with van der Waals surface area (Å²) in [5.41, 5.74) is 2.54. The zero-order chi connectivity index (χ0) is 39.1. The van der Waals surface area contributed by atoms with Crippen LogP contribution in [0.2, 0.25) is 0 Å². The van der Waals surface area contributed by atoms with Crippen LogP contribution in [0.5, 0.6) is 23.0 Å². The Morgan fingerprint density at radius 1 is 0.945 bits per heavy atom. The maximum absolute atomic E-state index is 15.2. The summed E-state index contributed by atoms with van der Waals surface area (Å²) in [4.78, 5) is 14.6. The number of aromatic nitrogens is 3. The molecule has 2 aliphatic rings. The molecule has 2 fully saturated rings. The molecular weight excluding hydrogens is 729 g/mol. The van der Waals surface area contributed by atoms with Crippen molar-refractivity contribution in [2.45, 2.75) is 75.5 Å². The summed E-state index contributed by atoms with van der Waals surface area (Å²) in [6.45, 7) is 5.79. The van der Waals surface area contributed by atoms with Crippen LogP contribution in [0.15, 0.2) is 64.0 Å². The minimum absolute atomic E-state index is 0.0199. The number of methoxy groups -OCH3 is 4. The number of ether oxygens (including phenoxy) is 5. The number of fused-ring (bicyclic) bond motifs is 1. The molecule has 16 heteroatoms. The third-order valence-electron chi connectivity index (χ3n) is 9.67. The fraction of sp³-hybridized carbons (Fsp3) is 0.410. The van der Waals surface area contributed by atoms with Crippen molar-refractivity contribution in [3.8, 4) is 23.0 Å². The summed E-state index contributed by atoms with van der Waals surface area (Å²) in [5.74, 6) is 2.22. The maximum Gasteiger partial charge on any atom is 0.410 e. The van der Waals surface area contributed by atoms with Crippen LogP contribution in [-0.4, -0.2) is 75.3 Å². The number of sulfonamides is 1. The number of benzene rings is 3. The van der Waals surface area contributed by atoms with Crippen molar-refractivity contribution in [2.75, 3.05) is 44.6 Å². The van der Waals surface area contributed by atoms with Crippen molar-refractivity contribution >= 4 is 44.4 Å². The number of anilines is 3. The topological polar surface area (TPSA) is 171 Å². The van der Waals surface area contributed by atoms with Gasteiger partial charge in [-0.15, -0.1) is 0 Å². The molecular formula is C39H46N6O9S. The maximum atomic E-state index is 15.2. The summed E-state index contributed by atoms with van der Waals surface area (Å²) in [6.07, 6.45) is 3.19. The first kappa shape index (κ1) is 37.7. The van der Waals surface area contributed by atoms with Crippen LogP contribution in [0, 0.1) is 0 Å². The number of H-pyrrole nitrogens is 1. The molecule has 3 heterocycles. The summed E-state index contributed by atoms with van der Waals surface area (Å²) in [5, 5.41) is 15.5. The molecule has 5 aromatic rings. The zero-order valence-electron chi connectivity index (χ0n) is 32.0. The quantitative estimate of drug-likeness (QED) is 0.120. The number of nitrogens with zero attached hydrogens (tertiary/aromatic N) is 4. The van der Waals surface area contributed by atoms with Gasteiger partial charge >= 0.3 is 6.09 Å². The molecule has 1 amide bonds. The van der Waals surface area contributed by atoms with Crippen LogP contribution < -0.4 is 28.6 Å². The van der Waals surface area contributed by atoms with Gasteiger partial charge in [0.2, 0.25) is 0 Å². The van der Waals surface area contributed by atoms with E-state index >= 15 is 8.42 Å². The summed E-state index contributed by atoms with van der Waals surface area (Å²) in [6, 6.07) is 15.3. The third-order valence-corrected chi connectivity index (χ3v) is 11.5. The van der Waals surface area contributed by atoms with Crippen LogP contribution in [0.25, 0.3) is 11.0 Å². The van der Waals surface area contributed by atoms with Gasteiger partial charge in [0.25, 0.3) is 10.0 Å². The van der Waals surface area contributed by atoms with E-state index in [-0.39, 0.29) is 34.8 Å². The first-order valence-electron chi connectivity index (χ1n) is 18.0. The molecule has 1 aliphatic carbocycles. The molecule has 1 aliphatic heterocycles. The highest BCUT2D eigenvalue weighted by Gasteiger charge is 2.39. The average Bonchev–Trinajstić information content (AvgIpc) is 3.51. The lowest BCUT2D eigenvalue weighted by Gasteiger charge is -2.30. The second-order valence-corrected chi connectivity index (χ2v) is 16.4. The van der Waals surface area contributed by atoms with E-state index in [1.165, 1.54) is 21.3 Å². The molecule has 1 saturated heterocycles. The molecule has 55 heavy (non-hydrogen) atoms. The normalized spacial score (nSPS) is 15.9. The van der Waals surface area contributed by atoms with Gasteiger partial charge in [0, 0.05) is 30.3 Å². The molecule has 3 aromatic carbocycles. The number of amides is 1. The van der Waals surface area contributed by atoms with Crippen LogP contribution in [0.1, 0.15) is 75.2 Å². The monoisotopic (exact) mass is 774 g/mol. The smallest absolute Gasteiger partial charge is 0.410 e. The molecule has 1 saturated carbocycles. The number of hydrogen-bond donors (Lipinski definition) is 2. The van der Waals surface area contributed by atoms with E-state index in [1.807, 2.05) is 26.8 Å². The first-order chi connectivity index (χ1) is 26.3. The van der Waals surface area contributed by atoms with Gasteiger partial charge < -0.3 is 38.4 Å². The molecule has 1 atom stereocenters. The lowest BCUT2D eigenvalue weighted by Crippen LogP contribution is -2.36. The number of carbonyl (C=O) groups excluding carboxylic acids is 1. The largest absolute Gasteiger partial charge is 0.497 e. The van der Waals surface area contributed by atoms with Crippen molar-refractivity contribution in [1.29, 1.82) is 0 Å². The highest BCUT2D eigenvalue weighted by Crippen LogP contribution is 2.45.